The molecule has 8 heavy (non-hydrogen) atoms. The molecule has 0 bridgehead atoms. The zero-order valence-corrected chi connectivity index (χ0v) is 6.55. The van der Waals surface area contributed by atoms with Gasteiger partial charge in [0, 0.05) is 0 Å². The molecule has 0 nitrogen and oxygen atoms in total. The average Bonchev–Trinajstić information content (AvgIpc) is 1.62. The summed E-state index contributed by atoms with van der Waals surface area (Å²) in [6.45, 7) is 9.79. The van der Waals surface area contributed by atoms with Crippen molar-refractivity contribution in [3.63, 3.8) is 0 Å². The molecular weight excluding hydrogens is 120 g/mol. The van der Waals surface area contributed by atoms with Crippen LogP contribution >= 0.6 is 11.6 Å². The van der Waals surface area contributed by atoms with Crippen LogP contribution in [0.5, 0.6) is 0 Å². The highest BCUT2D eigenvalue weighted by Gasteiger charge is 2.14. The van der Waals surface area contributed by atoms with Gasteiger partial charge in [-0.3, -0.25) is 0 Å². The van der Waals surface area contributed by atoms with Crippen LogP contribution in [0.25, 0.3) is 0 Å². The van der Waals surface area contributed by atoms with Crippen molar-refractivity contribution in [1.82, 2.24) is 0 Å². The molecule has 0 radical (unpaired) electrons. The van der Waals surface area contributed by atoms with E-state index in [1.54, 1.807) is 0 Å². The van der Waals surface area contributed by atoms with Crippen molar-refractivity contribution in [2.24, 2.45) is 0 Å². The van der Waals surface area contributed by atoms with E-state index in [0.717, 1.165) is 12.0 Å². The Bertz CT molecular complexity index is 87.1. The Morgan fingerprint density at radius 2 is 2.00 bits per heavy atom. The normalized spacial score (nSPS) is 11.5. The van der Waals surface area contributed by atoms with Gasteiger partial charge in [0.25, 0.3) is 0 Å². The van der Waals surface area contributed by atoms with Crippen LogP contribution in [-0.2, 0) is 0 Å². The maximum Gasteiger partial charge on any atom is 0.0596 e. The van der Waals surface area contributed by atoms with Gasteiger partial charge in [0.15, 0.2) is 0 Å². The van der Waals surface area contributed by atoms with E-state index >= 15 is 0 Å². The summed E-state index contributed by atoms with van der Waals surface area (Å²) in [6, 6.07) is 0. The minimum atomic E-state index is -0.214. The molecule has 0 saturated carbocycles. The molecule has 48 valence electrons. The van der Waals surface area contributed by atoms with E-state index in [9.17, 15) is 0 Å². The molecule has 0 fully saturated rings. The van der Waals surface area contributed by atoms with Gasteiger partial charge in [0.05, 0.1) is 4.87 Å². The van der Waals surface area contributed by atoms with Crippen molar-refractivity contribution in [1.29, 1.82) is 0 Å². The molecule has 0 atom stereocenters. The summed E-state index contributed by atoms with van der Waals surface area (Å²) in [6.07, 6.45) is 0.969. The molecule has 0 amide bonds. The van der Waals surface area contributed by atoms with Crippen molar-refractivity contribution in [2.75, 3.05) is 0 Å². The highest BCUT2D eigenvalue weighted by molar-refractivity contribution is 6.25. The number of rotatable bonds is 2. The SMILES string of the molecule is C=C(CC)C(C)(C)Cl. The third-order valence-electron chi connectivity index (χ3n) is 1.27. The fourth-order valence-electron chi connectivity index (χ4n) is 0.420. The van der Waals surface area contributed by atoms with Crippen molar-refractivity contribution in [3.8, 4) is 0 Å². The third-order valence-corrected chi connectivity index (χ3v) is 1.53. The zero-order chi connectivity index (χ0) is 6.78. The Hall–Kier alpha value is 0.0300. The Balaban J connectivity index is 3.82. The van der Waals surface area contributed by atoms with Crippen LogP contribution in [0.2, 0.25) is 0 Å². The molecule has 0 heterocycles. The number of alkyl halides is 1. The maximum absolute atomic E-state index is 5.88. The quantitative estimate of drug-likeness (QED) is 0.400. The lowest BCUT2D eigenvalue weighted by Crippen LogP contribution is -2.11. The van der Waals surface area contributed by atoms with Crippen LogP contribution in [0.15, 0.2) is 12.2 Å². The largest absolute Gasteiger partial charge is 0.115 e. The molecule has 0 unspecified atom stereocenters. The summed E-state index contributed by atoms with van der Waals surface area (Å²) < 4.78 is 0. The summed E-state index contributed by atoms with van der Waals surface area (Å²) in [7, 11) is 0. The summed E-state index contributed by atoms with van der Waals surface area (Å²) in [5, 5.41) is 0. The van der Waals surface area contributed by atoms with Gasteiger partial charge < -0.3 is 0 Å². The van der Waals surface area contributed by atoms with Gasteiger partial charge in [-0.05, 0) is 20.3 Å². The van der Waals surface area contributed by atoms with Gasteiger partial charge in [0.1, 0.15) is 0 Å². The number of hydrogen-bond acceptors (Lipinski definition) is 0. The van der Waals surface area contributed by atoms with Crippen molar-refractivity contribution >= 4 is 11.6 Å². The maximum atomic E-state index is 5.88. The van der Waals surface area contributed by atoms with Crippen LogP contribution in [-0.4, -0.2) is 4.87 Å². The average molecular weight is 133 g/mol. The van der Waals surface area contributed by atoms with E-state index in [2.05, 4.69) is 13.5 Å². The van der Waals surface area contributed by atoms with Gasteiger partial charge in [0.2, 0.25) is 0 Å². The Kier molecular flexibility index (Phi) is 2.55. The van der Waals surface area contributed by atoms with Crippen LogP contribution < -0.4 is 0 Å². The van der Waals surface area contributed by atoms with Crippen LogP contribution in [0.1, 0.15) is 27.2 Å². The summed E-state index contributed by atoms with van der Waals surface area (Å²) in [5.74, 6) is 0. The minimum Gasteiger partial charge on any atom is -0.115 e. The molecule has 0 aromatic carbocycles. The third kappa shape index (κ3) is 2.37. The topological polar surface area (TPSA) is 0 Å². The van der Waals surface area contributed by atoms with E-state index < -0.39 is 0 Å². The first kappa shape index (κ1) is 8.03. The first-order valence-corrected chi connectivity index (χ1v) is 3.23. The lowest BCUT2D eigenvalue weighted by Gasteiger charge is -2.16. The van der Waals surface area contributed by atoms with Crippen LogP contribution in [0.3, 0.4) is 0 Å². The highest BCUT2D eigenvalue weighted by atomic mass is 35.5. The number of hydrogen-bond donors (Lipinski definition) is 0. The molecule has 0 aromatic rings. The van der Waals surface area contributed by atoms with Crippen LogP contribution in [0.4, 0.5) is 0 Å². The standard InChI is InChI=1S/C7H13Cl/c1-5-6(2)7(3,4)8/h2,5H2,1,3-4H3. The molecule has 0 N–H and O–H groups in total. The second kappa shape index (κ2) is 2.54. The molecule has 0 aliphatic carbocycles. The van der Waals surface area contributed by atoms with E-state index in [4.69, 9.17) is 11.6 Å². The molecule has 0 saturated heterocycles. The van der Waals surface area contributed by atoms with Crippen molar-refractivity contribution in [3.05, 3.63) is 12.2 Å². The first-order valence-electron chi connectivity index (χ1n) is 2.85. The first-order chi connectivity index (χ1) is 3.48. The predicted octanol–water partition coefficient (Wildman–Crippen LogP) is 2.97. The monoisotopic (exact) mass is 132 g/mol. The second-order valence-electron chi connectivity index (χ2n) is 2.43. The Morgan fingerprint density at radius 3 is 2.00 bits per heavy atom. The number of halogens is 1. The predicted molar refractivity (Wildman–Crippen MR) is 39.4 cm³/mol. The zero-order valence-electron chi connectivity index (χ0n) is 5.79. The summed E-state index contributed by atoms with van der Waals surface area (Å²) in [4.78, 5) is -0.214. The molecular formula is C7H13Cl. The molecule has 0 rings (SSSR count). The van der Waals surface area contributed by atoms with E-state index in [0.29, 0.717) is 0 Å². The molecule has 0 aliphatic heterocycles. The molecule has 0 aliphatic rings. The lowest BCUT2D eigenvalue weighted by molar-refractivity contribution is 0.780. The highest BCUT2D eigenvalue weighted by Crippen LogP contribution is 2.23. The molecule has 0 aromatic heterocycles. The fraction of sp³-hybridized carbons (Fsp3) is 0.714. The van der Waals surface area contributed by atoms with Gasteiger partial charge >= 0.3 is 0 Å². The van der Waals surface area contributed by atoms with E-state index in [1.807, 2.05) is 13.8 Å². The van der Waals surface area contributed by atoms with Gasteiger partial charge in [-0.1, -0.05) is 19.1 Å². The van der Waals surface area contributed by atoms with E-state index in [1.165, 1.54) is 0 Å². The second-order valence-corrected chi connectivity index (χ2v) is 3.37. The Morgan fingerprint density at radius 1 is 1.62 bits per heavy atom. The number of allylic oxidation sites excluding steroid dienone is 1. The van der Waals surface area contributed by atoms with Gasteiger partial charge in [-0.25, -0.2) is 0 Å². The van der Waals surface area contributed by atoms with Crippen molar-refractivity contribution < 1.29 is 0 Å². The fourth-order valence-corrected chi connectivity index (χ4v) is 0.554. The lowest BCUT2D eigenvalue weighted by atomic mass is 10.0. The van der Waals surface area contributed by atoms with Crippen molar-refractivity contribution in [2.45, 2.75) is 32.1 Å². The summed E-state index contributed by atoms with van der Waals surface area (Å²) in [5.41, 5.74) is 1.10. The smallest absolute Gasteiger partial charge is 0.0596 e. The van der Waals surface area contributed by atoms with Crippen LogP contribution in [0, 0.1) is 0 Å². The molecule has 1 heteroatoms. The van der Waals surface area contributed by atoms with Gasteiger partial charge in [-0.15, -0.1) is 11.6 Å². The Labute approximate surface area is 56.5 Å². The van der Waals surface area contributed by atoms with E-state index in [-0.39, 0.29) is 4.87 Å². The summed E-state index contributed by atoms with van der Waals surface area (Å²) >= 11 is 5.88. The van der Waals surface area contributed by atoms with Gasteiger partial charge in [-0.2, -0.15) is 0 Å². The minimum absolute atomic E-state index is 0.214. The molecule has 0 spiro atoms.